The van der Waals surface area contributed by atoms with Crippen LogP contribution in [0.15, 0.2) is 18.2 Å². The second kappa shape index (κ2) is 5.93. The number of nitrogens with one attached hydrogen (secondary N) is 1. The number of ether oxygens (including phenoxy) is 1. The summed E-state index contributed by atoms with van der Waals surface area (Å²) in [6.07, 6.45) is 4.06. The van der Waals surface area contributed by atoms with Crippen LogP contribution in [0.2, 0.25) is 0 Å². The van der Waals surface area contributed by atoms with Crippen LogP contribution >= 0.6 is 0 Å². The van der Waals surface area contributed by atoms with Crippen molar-refractivity contribution in [1.29, 1.82) is 0 Å². The van der Waals surface area contributed by atoms with E-state index in [1.165, 1.54) is 43.5 Å². The minimum Gasteiger partial charge on any atom is -0.494 e. The van der Waals surface area contributed by atoms with Crippen molar-refractivity contribution in [2.45, 2.75) is 38.8 Å². The third kappa shape index (κ3) is 2.63. The van der Waals surface area contributed by atoms with Crippen molar-refractivity contribution in [3.8, 4) is 5.75 Å². The molecule has 19 heavy (non-hydrogen) atoms. The monoisotopic (exact) mass is 260 g/mol. The number of piperidine rings is 1. The van der Waals surface area contributed by atoms with E-state index in [0.29, 0.717) is 6.04 Å². The van der Waals surface area contributed by atoms with Crippen LogP contribution in [-0.2, 0) is 6.54 Å². The van der Waals surface area contributed by atoms with Crippen molar-refractivity contribution in [3.63, 3.8) is 0 Å². The van der Waals surface area contributed by atoms with Gasteiger partial charge in [-0.15, -0.1) is 0 Å². The van der Waals surface area contributed by atoms with Gasteiger partial charge < -0.3 is 10.1 Å². The summed E-state index contributed by atoms with van der Waals surface area (Å²) in [5.74, 6) is 1.09. The molecule has 0 bridgehead atoms. The van der Waals surface area contributed by atoms with Crippen molar-refractivity contribution in [2.75, 3.05) is 26.2 Å². The highest BCUT2D eigenvalue weighted by Crippen LogP contribution is 2.36. The molecule has 0 unspecified atom stereocenters. The van der Waals surface area contributed by atoms with Crippen molar-refractivity contribution < 1.29 is 4.74 Å². The summed E-state index contributed by atoms with van der Waals surface area (Å²) < 4.78 is 5.87. The number of fused-ring (bicyclic) bond motifs is 1. The Morgan fingerprint density at radius 3 is 2.89 bits per heavy atom. The fourth-order valence-corrected chi connectivity index (χ4v) is 3.39. The van der Waals surface area contributed by atoms with Crippen LogP contribution in [-0.4, -0.2) is 31.1 Å². The highest BCUT2D eigenvalue weighted by atomic mass is 16.5. The molecule has 104 valence electrons. The van der Waals surface area contributed by atoms with Gasteiger partial charge in [0, 0.05) is 18.7 Å². The molecule has 1 fully saturated rings. The summed E-state index contributed by atoms with van der Waals surface area (Å²) in [4.78, 5) is 2.64. The van der Waals surface area contributed by atoms with Crippen molar-refractivity contribution in [2.24, 2.45) is 0 Å². The van der Waals surface area contributed by atoms with Gasteiger partial charge in [-0.25, -0.2) is 0 Å². The third-order valence-corrected chi connectivity index (χ3v) is 4.27. The van der Waals surface area contributed by atoms with Gasteiger partial charge >= 0.3 is 0 Å². The number of hydrogen-bond acceptors (Lipinski definition) is 3. The number of nitrogens with zero attached hydrogens (tertiary/aromatic N) is 1. The topological polar surface area (TPSA) is 24.5 Å². The summed E-state index contributed by atoms with van der Waals surface area (Å²) >= 11 is 0. The maximum absolute atomic E-state index is 5.87. The van der Waals surface area contributed by atoms with E-state index in [1.54, 1.807) is 0 Å². The van der Waals surface area contributed by atoms with Gasteiger partial charge in [0.05, 0.1) is 12.6 Å². The lowest BCUT2D eigenvalue weighted by Crippen LogP contribution is -2.42. The highest BCUT2D eigenvalue weighted by Gasteiger charge is 2.29. The molecule has 0 aromatic heterocycles. The van der Waals surface area contributed by atoms with Gasteiger partial charge in [0.25, 0.3) is 0 Å². The van der Waals surface area contributed by atoms with Gasteiger partial charge in [0.15, 0.2) is 0 Å². The van der Waals surface area contributed by atoms with Gasteiger partial charge in [0.2, 0.25) is 0 Å². The fourth-order valence-electron chi connectivity index (χ4n) is 3.39. The molecule has 1 N–H and O–H groups in total. The van der Waals surface area contributed by atoms with E-state index in [4.69, 9.17) is 4.74 Å². The lowest BCUT2D eigenvalue weighted by molar-refractivity contribution is 0.150. The van der Waals surface area contributed by atoms with E-state index in [-0.39, 0.29) is 0 Å². The zero-order chi connectivity index (χ0) is 13.1. The van der Waals surface area contributed by atoms with Crippen LogP contribution in [0.25, 0.3) is 0 Å². The van der Waals surface area contributed by atoms with Crippen LogP contribution in [0.3, 0.4) is 0 Å². The van der Waals surface area contributed by atoms with E-state index in [1.807, 2.05) is 0 Å². The van der Waals surface area contributed by atoms with Crippen molar-refractivity contribution in [3.05, 3.63) is 29.3 Å². The molecule has 0 aliphatic carbocycles. The molecule has 3 rings (SSSR count). The molecule has 0 amide bonds. The van der Waals surface area contributed by atoms with Gasteiger partial charge in [-0.1, -0.05) is 18.6 Å². The van der Waals surface area contributed by atoms with Gasteiger partial charge in [-0.2, -0.15) is 0 Å². The maximum atomic E-state index is 5.87. The first-order valence-electron chi connectivity index (χ1n) is 7.59. The molecular formula is C16H24N2O. The fraction of sp³-hybridized carbons (Fsp3) is 0.625. The molecule has 2 aliphatic heterocycles. The highest BCUT2D eigenvalue weighted by molar-refractivity contribution is 5.44. The Bertz CT molecular complexity index is 427. The Hall–Kier alpha value is -1.06. The van der Waals surface area contributed by atoms with E-state index >= 15 is 0 Å². The first-order valence-corrected chi connectivity index (χ1v) is 7.59. The van der Waals surface area contributed by atoms with Gasteiger partial charge in [-0.05, 0) is 44.5 Å². The molecule has 0 radical (unpaired) electrons. The first-order chi connectivity index (χ1) is 9.40. The zero-order valence-electron chi connectivity index (χ0n) is 11.8. The summed E-state index contributed by atoms with van der Waals surface area (Å²) in [5, 5.41) is 3.56. The lowest BCUT2D eigenvalue weighted by atomic mass is 9.93. The molecule has 0 spiro atoms. The SMILES string of the molecule is CCOc1cccc2c1[C@H](N1CCCCC1)CNC2. The standard InChI is InChI=1S/C16H24N2O/c1-2-19-15-8-6-7-13-11-17-12-14(16(13)15)18-9-4-3-5-10-18/h6-8,14,17H,2-5,9-12H2,1H3/t14-/m1/s1. The second-order valence-corrected chi connectivity index (χ2v) is 5.51. The van der Waals surface area contributed by atoms with E-state index < -0.39 is 0 Å². The summed E-state index contributed by atoms with van der Waals surface area (Å²) in [6.45, 7) is 7.29. The largest absolute Gasteiger partial charge is 0.494 e. The molecule has 2 aliphatic rings. The molecule has 1 atom stereocenters. The molecule has 3 nitrogen and oxygen atoms in total. The molecule has 2 heterocycles. The van der Waals surface area contributed by atoms with E-state index in [2.05, 4.69) is 35.3 Å². The molecule has 1 aromatic rings. The maximum Gasteiger partial charge on any atom is 0.124 e. The Balaban J connectivity index is 1.92. The van der Waals surface area contributed by atoms with Crippen molar-refractivity contribution >= 4 is 0 Å². The lowest BCUT2D eigenvalue weighted by Gasteiger charge is -2.39. The number of benzene rings is 1. The molecule has 3 heteroatoms. The van der Waals surface area contributed by atoms with Crippen molar-refractivity contribution in [1.82, 2.24) is 10.2 Å². The molecule has 1 saturated heterocycles. The van der Waals surface area contributed by atoms with E-state index in [9.17, 15) is 0 Å². The number of rotatable bonds is 3. The van der Waals surface area contributed by atoms with Crippen LogP contribution < -0.4 is 10.1 Å². The van der Waals surface area contributed by atoms with Crippen LogP contribution in [0.5, 0.6) is 5.75 Å². The Morgan fingerprint density at radius 2 is 2.11 bits per heavy atom. The summed E-state index contributed by atoms with van der Waals surface area (Å²) in [7, 11) is 0. The smallest absolute Gasteiger partial charge is 0.124 e. The minimum absolute atomic E-state index is 0.492. The average Bonchev–Trinajstić information content (AvgIpc) is 2.48. The predicted molar refractivity (Wildman–Crippen MR) is 77.5 cm³/mol. The normalized spacial score (nSPS) is 23.9. The van der Waals surface area contributed by atoms with Crippen LogP contribution in [0.1, 0.15) is 43.4 Å². The Morgan fingerprint density at radius 1 is 1.26 bits per heavy atom. The Labute approximate surface area is 115 Å². The predicted octanol–water partition coefficient (Wildman–Crippen LogP) is 2.72. The van der Waals surface area contributed by atoms with Crippen LogP contribution in [0, 0.1) is 0 Å². The summed E-state index contributed by atoms with van der Waals surface area (Å²) in [5.41, 5.74) is 2.85. The quantitative estimate of drug-likeness (QED) is 0.904. The van der Waals surface area contributed by atoms with Gasteiger partial charge in [-0.3, -0.25) is 4.90 Å². The first kappa shape index (κ1) is 12.9. The summed E-state index contributed by atoms with van der Waals surface area (Å²) in [6, 6.07) is 6.97. The zero-order valence-corrected chi connectivity index (χ0v) is 11.8. The van der Waals surface area contributed by atoms with E-state index in [0.717, 1.165) is 25.4 Å². The van der Waals surface area contributed by atoms with Gasteiger partial charge in [0.1, 0.15) is 5.75 Å². The average molecular weight is 260 g/mol. The van der Waals surface area contributed by atoms with Crippen LogP contribution in [0.4, 0.5) is 0 Å². The Kier molecular flexibility index (Phi) is 4.04. The molecule has 1 aromatic carbocycles. The molecular weight excluding hydrogens is 236 g/mol. The minimum atomic E-state index is 0.492. The number of likely N-dealkylation sites (tertiary alicyclic amines) is 1. The second-order valence-electron chi connectivity index (χ2n) is 5.51. The molecule has 0 saturated carbocycles. The number of hydrogen-bond donors (Lipinski definition) is 1. The third-order valence-electron chi connectivity index (χ3n) is 4.27.